The van der Waals surface area contributed by atoms with Crippen LogP contribution in [0.4, 0.5) is 0 Å². The molecule has 0 amide bonds. The van der Waals surface area contributed by atoms with Crippen LogP contribution in [0.25, 0.3) is 0 Å². The van der Waals surface area contributed by atoms with E-state index in [-0.39, 0.29) is 0 Å². The van der Waals surface area contributed by atoms with Crippen LogP contribution in [-0.2, 0) is 0 Å². The fraction of sp³-hybridized carbons (Fsp3) is 1.00. The van der Waals surface area contributed by atoms with Crippen molar-refractivity contribution in [3.63, 3.8) is 0 Å². The molecule has 1 atom stereocenters. The van der Waals surface area contributed by atoms with Crippen molar-refractivity contribution in [2.75, 3.05) is 5.75 Å². The molecule has 0 heterocycles. The molecule has 12 heavy (non-hydrogen) atoms. The quantitative estimate of drug-likeness (QED) is 0.482. The van der Waals surface area contributed by atoms with Gasteiger partial charge in [-0.2, -0.15) is 0 Å². The highest BCUT2D eigenvalue weighted by Crippen LogP contribution is 2.37. The average molecular weight is 207 g/mol. The molecule has 74 valence electrons. The molecule has 1 unspecified atom stereocenters. The highest BCUT2D eigenvalue weighted by atomic mass is 32.7. The molecule has 0 saturated carbocycles. The van der Waals surface area contributed by atoms with Gasteiger partial charge in [-0.05, 0) is 39.9 Å². The van der Waals surface area contributed by atoms with E-state index in [4.69, 9.17) is 0 Å². The molecule has 0 rings (SSSR count). The van der Waals surface area contributed by atoms with E-state index in [0.29, 0.717) is 12.1 Å². The summed E-state index contributed by atoms with van der Waals surface area (Å²) in [6.45, 7) is 11.4. The summed E-state index contributed by atoms with van der Waals surface area (Å²) in [5.41, 5.74) is 0. The maximum Gasteiger partial charge on any atom is 0.0105 e. The minimum atomic E-state index is 0.688. The van der Waals surface area contributed by atoms with Crippen LogP contribution in [0.2, 0.25) is 0 Å². The number of hydrogen-bond acceptors (Lipinski definition) is 2. The second-order valence-corrected chi connectivity index (χ2v) is 6.34. The van der Waals surface area contributed by atoms with Crippen molar-refractivity contribution in [1.29, 1.82) is 0 Å². The SMILES string of the molecule is CCCSPN(C(C)C)C(C)C. The topological polar surface area (TPSA) is 3.24 Å². The van der Waals surface area contributed by atoms with Crippen LogP contribution in [0.1, 0.15) is 41.0 Å². The molecule has 0 aliphatic carbocycles. The van der Waals surface area contributed by atoms with Gasteiger partial charge in [-0.1, -0.05) is 6.92 Å². The van der Waals surface area contributed by atoms with Gasteiger partial charge in [-0.25, -0.2) is 0 Å². The molecular weight excluding hydrogens is 185 g/mol. The third-order valence-corrected chi connectivity index (χ3v) is 5.21. The van der Waals surface area contributed by atoms with Crippen molar-refractivity contribution in [2.45, 2.75) is 53.1 Å². The van der Waals surface area contributed by atoms with E-state index in [0.717, 1.165) is 7.93 Å². The standard InChI is InChI=1S/C9H22NPS/c1-6-7-12-11-10(8(2)3)9(4)5/h8-9,11H,6-7H2,1-5H3. The van der Waals surface area contributed by atoms with E-state index in [1.165, 1.54) is 12.2 Å². The Kier molecular flexibility index (Phi) is 7.62. The fourth-order valence-electron chi connectivity index (χ4n) is 1.03. The zero-order valence-electron chi connectivity index (χ0n) is 8.92. The Morgan fingerprint density at radius 1 is 1.17 bits per heavy atom. The summed E-state index contributed by atoms with van der Waals surface area (Å²) in [6.07, 6.45) is 1.29. The van der Waals surface area contributed by atoms with E-state index in [1.54, 1.807) is 0 Å². The van der Waals surface area contributed by atoms with E-state index in [1.807, 2.05) is 0 Å². The zero-order valence-corrected chi connectivity index (χ0v) is 10.7. The zero-order chi connectivity index (χ0) is 9.56. The Morgan fingerprint density at radius 2 is 1.67 bits per heavy atom. The summed E-state index contributed by atoms with van der Waals surface area (Å²) in [4.78, 5) is 0. The van der Waals surface area contributed by atoms with Crippen molar-refractivity contribution in [2.24, 2.45) is 0 Å². The molecule has 0 bridgehead atoms. The smallest absolute Gasteiger partial charge is 0.0105 e. The Morgan fingerprint density at radius 3 is 2.00 bits per heavy atom. The lowest BCUT2D eigenvalue weighted by atomic mass is 10.3. The lowest BCUT2D eigenvalue weighted by molar-refractivity contribution is 0.333. The van der Waals surface area contributed by atoms with Gasteiger partial charge >= 0.3 is 0 Å². The molecular formula is C9H22NPS. The van der Waals surface area contributed by atoms with Gasteiger partial charge in [0.05, 0.1) is 0 Å². The first-order chi connectivity index (χ1) is 5.59. The van der Waals surface area contributed by atoms with Crippen LogP contribution >= 0.6 is 19.3 Å². The van der Waals surface area contributed by atoms with Gasteiger partial charge in [0.25, 0.3) is 0 Å². The second-order valence-electron chi connectivity index (χ2n) is 3.53. The van der Waals surface area contributed by atoms with E-state index >= 15 is 0 Å². The number of hydrogen-bond donors (Lipinski definition) is 0. The van der Waals surface area contributed by atoms with Crippen molar-refractivity contribution in [3.8, 4) is 0 Å². The highest BCUT2D eigenvalue weighted by molar-refractivity contribution is 8.48. The molecule has 0 aromatic rings. The Hall–Kier alpha value is 0.740. The van der Waals surface area contributed by atoms with Gasteiger partial charge in [0.2, 0.25) is 0 Å². The number of rotatable bonds is 6. The van der Waals surface area contributed by atoms with Gasteiger partial charge in [0.15, 0.2) is 0 Å². The molecule has 0 N–H and O–H groups in total. The van der Waals surface area contributed by atoms with Crippen LogP contribution in [-0.4, -0.2) is 22.5 Å². The van der Waals surface area contributed by atoms with Crippen LogP contribution in [0, 0.1) is 0 Å². The summed E-state index contributed by atoms with van der Waals surface area (Å²) in [5.74, 6) is 1.30. The Labute approximate surface area is 83.3 Å². The first-order valence-corrected chi connectivity index (χ1v) is 7.41. The summed E-state index contributed by atoms with van der Waals surface area (Å²) >= 11 is 2.07. The highest BCUT2D eigenvalue weighted by Gasteiger charge is 2.12. The van der Waals surface area contributed by atoms with Crippen molar-refractivity contribution >= 4 is 19.3 Å². The van der Waals surface area contributed by atoms with Crippen molar-refractivity contribution in [3.05, 3.63) is 0 Å². The third kappa shape index (κ3) is 5.40. The minimum absolute atomic E-state index is 0.688. The number of nitrogens with zero attached hydrogens (tertiary/aromatic N) is 1. The molecule has 0 aromatic heterocycles. The van der Waals surface area contributed by atoms with Crippen molar-refractivity contribution in [1.82, 2.24) is 4.67 Å². The summed E-state index contributed by atoms with van der Waals surface area (Å²) < 4.78 is 2.56. The van der Waals surface area contributed by atoms with Crippen molar-refractivity contribution < 1.29 is 0 Å². The predicted molar refractivity (Wildman–Crippen MR) is 63.2 cm³/mol. The Bertz CT molecular complexity index is 98.7. The van der Waals surface area contributed by atoms with Gasteiger partial charge in [-0.3, -0.25) is 4.67 Å². The minimum Gasteiger partial charge on any atom is -0.271 e. The molecule has 0 aliphatic heterocycles. The van der Waals surface area contributed by atoms with E-state index < -0.39 is 0 Å². The van der Waals surface area contributed by atoms with Gasteiger partial charge in [-0.15, -0.1) is 11.4 Å². The molecule has 0 aromatic carbocycles. The van der Waals surface area contributed by atoms with Gasteiger partial charge in [0.1, 0.15) is 0 Å². The van der Waals surface area contributed by atoms with Crippen LogP contribution in [0.3, 0.4) is 0 Å². The maximum atomic E-state index is 2.56. The third-order valence-electron chi connectivity index (χ3n) is 1.59. The van der Waals surface area contributed by atoms with Crippen LogP contribution in [0.5, 0.6) is 0 Å². The average Bonchev–Trinajstić information content (AvgIpc) is 1.96. The first-order valence-electron chi connectivity index (χ1n) is 4.75. The largest absolute Gasteiger partial charge is 0.271 e. The molecule has 0 aliphatic rings. The summed E-state index contributed by atoms with van der Waals surface area (Å²) in [7, 11) is 0.941. The Balaban J connectivity index is 3.64. The van der Waals surface area contributed by atoms with E-state index in [2.05, 4.69) is 50.7 Å². The summed E-state index contributed by atoms with van der Waals surface area (Å²) in [6, 6.07) is 1.38. The molecule has 0 fully saturated rings. The van der Waals surface area contributed by atoms with Crippen LogP contribution in [0.15, 0.2) is 0 Å². The van der Waals surface area contributed by atoms with Gasteiger partial charge in [0, 0.05) is 20.0 Å². The summed E-state index contributed by atoms with van der Waals surface area (Å²) in [5, 5.41) is 0. The monoisotopic (exact) mass is 207 g/mol. The maximum absolute atomic E-state index is 2.56. The predicted octanol–water partition coefficient (Wildman–Crippen LogP) is 3.76. The first kappa shape index (κ1) is 12.7. The lowest BCUT2D eigenvalue weighted by Gasteiger charge is -2.29. The van der Waals surface area contributed by atoms with E-state index in [9.17, 15) is 0 Å². The molecule has 0 radical (unpaired) electrons. The molecule has 0 saturated heterocycles. The normalized spacial score (nSPS) is 13.0. The molecule has 1 nitrogen and oxygen atoms in total. The lowest BCUT2D eigenvalue weighted by Crippen LogP contribution is -2.28. The molecule has 3 heteroatoms. The van der Waals surface area contributed by atoms with Crippen LogP contribution < -0.4 is 0 Å². The van der Waals surface area contributed by atoms with Gasteiger partial charge < -0.3 is 0 Å². The second kappa shape index (κ2) is 7.17. The molecule has 0 spiro atoms. The fourth-order valence-corrected chi connectivity index (χ4v) is 4.49.